The van der Waals surface area contributed by atoms with Crippen LogP contribution >= 0.6 is 0 Å². The van der Waals surface area contributed by atoms with Gasteiger partial charge in [-0.25, -0.2) is 4.79 Å². The van der Waals surface area contributed by atoms with E-state index in [1.807, 2.05) is 13.0 Å². The molecule has 4 rings (SSSR count). The highest BCUT2D eigenvalue weighted by molar-refractivity contribution is 5.74. The first-order valence-electron chi connectivity index (χ1n) is 11.5. The van der Waals surface area contributed by atoms with Crippen LogP contribution in [0.1, 0.15) is 24.0 Å². The number of fused-ring (bicyclic) bond motifs is 1. The molecule has 0 amide bonds. The van der Waals surface area contributed by atoms with E-state index in [2.05, 4.69) is 6.07 Å². The maximum Gasteiger partial charge on any atom is 0.349 e. The predicted molar refractivity (Wildman–Crippen MR) is 134 cm³/mol. The minimum absolute atomic E-state index is 0.0285. The fraction of sp³-hybridized carbons (Fsp3) is 0.214. The Morgan fingerprint density at radius 2 is 1.68 bits per heavy atom. The lowest BCUT2D eigenvalue weighted by atomic mass is 9.83. The van der Waals surface area contributed by atoms with Crippen LogP contribution < -0.4 is 34.2 Å². The number of ether oxygens (including phenoxy) is 6. The maximum atomic E-state index is 12.4. The van der Waals surface area contributed by atoms with E-state index in [-0.39, 0.29) is 23.8 Å². The molecule has 1 heterocycles. The number of rotatable bonds is 9. The second-order valence-electron chi connectivity index (χ2n) is 7.91. The number of methoxy groups -OCH3 is 2. The van der Waals surface area contributed by atoms with Crippen LogP contribution in [0.4, 0.5) is 0 Å². The lowest BCUT2D eigenvalue weighted by molar-refractivity contribution is -0.136. The number of nitrogens with zero attached hydrogens (tertiary/aromatic N) is 1. The van der Waals surface area contributed by atoms with Crippen LogP contribution in [0.25, 0.3) is 0 Å². The molecule has 190 valence electrons. The summed E-state index contributed by atoms with van der Waals surface area (Å²) in [6.45, 7) is 2.08. The van der Waals surface area contributed by atoms with Crippen LogP contribution in [-0.4, -0.2) is 33.4 Å². The zero-order valence-electron chi connectivity index (χ0n) is 20.6. The van der Waals surface area contributed by atoms with Gasteiger partial charge in [0.25, 0.3) is 0 Å². The van der Waals surface area contributed by atoms with Gasteiger partial charge in [0.15, 0.2) is 18.1 Å². The van der Waals surface area contributed by atoms with Crippen molar-refractivity contribution in [1.29, 1.82) is 5.26 Å². The van der Waals surface area contributed by atoms with Crippen molar-refractivity contribution in [3.63, 3.8) is 0 Å². The van der Waals surface area contributed by atoms with E-state index in [0.29, 0.717) is 40.9 Å². The molecule has 1 aliphatic heterocycles. The summed E-state index contributed by atoms with van der Waals surface area (Å²) >= 11 is 0. The fourth-order valence-corrected chi connectivity index (χ4v) is 3.96. The summed E-state index contributed by atoms with van der Waals surface area (Å²) in [5.74, 6) is 1.79. The largest absolute Gasteiger partial charge is 0.497 e. The summed E-state index contributed by atoms with van der Waals surface area (Å²) in [7, 11) is 3.12. The van der Waals surface area contributed by atoms with Gasteiger partial charge in [0.1, 0.15) is 34.6 Å². The molecule has 9 heteroatoms. The molecular formula is C28H26N2O7. The SMILES string of the molecule is CCOc1ccc(C2C(C#N)=C(N)Oc3cc(OC(=O)COc4ccc(OC)cc4)ccc32)cc1OC. The molecule has 9 nitrogen and oxygen atoms in total. The molecule has 0 saturated carbocycles. The van der Waals surface area contributed by atoms with Crippen LogP contribution in [0.15, 0.2) is 72.1 Å². The van der Waals surface area contributed by atoms with Gasteiger partial charge < -0.3 is 34.2 Å². The molecule has 1 atom stereocenters. The van der Waals surface area contributed by atoms with Gasteiger partial charge in [-0.2, -0.15) is 5.26 Å². The number of allylic oxidation sites excluding steroid dienone is 1. The second-order valence-corrected chi connectivity index (χ2v) is 7.91. The molecule has 0 aliphatic carbocycles. The number of carbonyl (C=O) groups excluding carboxylic acids is 1. The summed E-state index contributed by atoms with van der Waals surface area (Å²) in [4.78, 5) is 12.4. The molecule has 3 aromatic rings. The molecule has 0 bridgehead atoms. The van der Waals surface area contributed by atoms with E-state index >= 15 is 0 Å². The smallest absolute Gasteiger partial charge is 0.349 e. The Kier molecular flexibility index (Phi) is 7.69. The Morgan fingerprint density at radius 1 is 0.946 bits per heavy atom. The Morgan fingerprint density at radius 3 is 2.35 bits per heavy atom. The highest BCUT2D eigenvalue weighted by atomic mass is 16.6. The van der Waals surface area contributed by atoms with Crippen LogP contribution in [0.5, 0.6) is 34.5 Å². The van der Waals surface area contributed by atoms with Crippen LogP contribution in [0, 0.1) is 11.3 Å². The number of carbonyl (C=O) groups is 1. The third kappa shape index (κ3) is 5.54. The normalized spacial score (nSPS) is 14.1. The molecule has 0 radical (unpaired) electrons. The molecule has 1 unspecified atom stereocenters. The van der Waals surface area contributed by atoms with Gasteiger partial charge in [0.05, 0.1) is 26.7 Å². The molecule has 1 aliphatic rings. The van der Waals surface area contributed by atoms with Crippen LogP contribution in [0.2, 0.25) is 0 Å². The Labute approximate surface area is 214 Å². The first-order chi connectivity index (χ1) is 18.0. The molecular weight excluding hydrogens is 476 g/mol. The van der Waals surface area contributed by atoms with E-state index in [1.54, 1.807) is 68.8 Å². The van der Waals surface area contributed by atoms with Crippen molar-refractivity contribution in [3.8, 4) is 40.6 Å². The van der Waals surface area contributed by atoms with Gasteiger partial charge in [-0.05, 0) is 55.0 Å². The van der Waals surface area contributed by atoms with Crippen molar-refractivity contribution in [2.75, 3.05) is 27.4 Å². The summed E-state index contributed by atoms with van der Waals surface area (Å²) in [5, 5.41) is 9.83. The lowest BCUT2D eigenvalue weighted by Gasteiger charge is -2.27. The van der Waals surface area contributed by atoms with Gasteiger partial charge in [0.2, 0.25) is 5.88 Å². The molecule has 3 aromatic carbocycles. The van der Waals surface area contributed by atoms with E-state index in [4.69, 9.17) is 34.2 Å². The monoisotopic (exact) mass is 502 g/mol. The fourth-order valence-electron chi connectivity index (χ4n) is 3.96. The third-order valence-electron chi connectivity index (χ3n) is 5.66. The van der Waals surface area contributed by atoms with Crippen molar-refractivity contribution in [2.24, 2.45) is 5.73 Å². The number of nitrogens with two attached hydrogens (primary N) is 1. The van der Waals surface area contributed by atoms with Gasteiger partial charge in [-0.3, -0.25) is 0 Å². The predicted octanol–water partition coefficient (Wildman–Crippen LogP) is 4.31. The quantitative estimate of drug-likeness (QED) is 0.337. The molecule has 0 aromatic heterocycles. The van der Waals surface area contributed by atoms with E-state index in [0.717, 1.165) is 5.56 Å². The number of hydrogen-bond acceptors (Lipinski definition) is 9. The first kappa shape index (κ1) is 25.3. The zero-order chi connectivity index (χ0) is 26.4. The van der Waals surface area contributed by atoms with Crippen LogP contribution in [0.3, 0.4) is 0 Å². The lowest BCUT2D eigenvalue weighted by Crippen LogP contribution is -2.21. The van der Waals surface area contributed by atoms with E-state index in [9.17, 15) is 10.1 Å². The summed E-state index contributed by atoms with van der Waals surface area (Å²) in [6.07, 6.45) is 0. The summed E-state index contributed by atoms with van der Waals surface area (Å²) in [5.41, 5.74) is 7.82. The average molecular weight is 503 g/mol. The van der Waals surface area contributed by atoms with Crippen molar-refractivity contribution in [2.45, 2.75) is 12.8 Å². The van der Waals surface area contributed by atoms with Crippen molar-refractivity contribution in [1.82, 2.24) is 0 Å². The highest BCUT2D eigenvalue weighted by Crippen LogP contribution is 2.45. The number of esters is 1. The van der Waals surface area contributed by atoms with E-state index in [1.165, 1.54) is 0 Å². The standard InChI is InChI=1S/C28H26N2O7/c1-4-34-23-12-5-17(13-25(23)33-3)27-21-11-10-20(14-24(21)37-28(30)22(27)15-29)36-26(31)16-35-19-8-6-18(32-2)7-9-19/h5-14,27H,4,16,30H2,1-3H3. The Bertz CT molecular complexity index is 1360. The van der Waals surface area contributed by atoms with Crippen molar-refractivity contribution in [3.05, 3.63) is 83.2 Å². The Balaban J connectivity index is 1.55. The Hall–Kier alpha value is -4.84. The number of nitriles is 1. The molecule has 2 N–H and O–H groups in total. The molecule has 0 fully saturated rings. The first-order valence-corrected chi connectivity index (χ1v) is 11.5. The van der Waals surface area contributed by atoms with Gasteiger partial charge >= 0.3 is 5.97 Å². The van der Waals surface area contributed by atoms with Gasteiger partial charge in [-0.1, -0.05) is 12.1 Å². The zero-order valence-corrected chi connectivity index (χ0v) is 20.6. The average Bonchev–Trinajstić information content (AvgIpc) is 2.91. The van der Waals surface area contributed by atoms with Crippen LogP contribution in [-0.2, 0) is 4.79 Å². The minimum atomic E-state index is -0.597. The van der Waals surface area contributed by atoms with Crippen molar-refractivity contribution < 1.29 is 33.2 Å². The number of benzene rings is 3. The summed E-state index contributed by atoms with van der Waals surface area (Å²) < 4.78 is 32.8. The van der Waals surface area contributed by atoms with Gasteiger partial charge in [0, 0.05) is 11.6 Å². The number of hydrogen-bond donors (Lipinski definition) is 1. The molecule has 37 heavy (non-hydrogen) atoms. The summed E-state index contributed by atoms with van der Waals surface area (Å²) in [6, 6.07) is 19.4. The third-order valence-corrected chi connectivity index (χ3v) is 5.66. The van der Waals surface area contributed by atoms with Crippen molar-refractivity contribution >= 4 is 5.97 Å². The minimum Gasteiger partial charge on any atom is -0.497 e. The maximum absolute atomic E-state index is 12.4. The highest BCUT2D eigenvalue weighted by Gasteiger charge is 2.31. The second kappa shape index (κ2) is 11.3. The van der Waals surface area contributed by atoms with E-state index < -0.39 is 11.9 Å². The molecule has 0 spiro atoms. The molecule has 0 saturated heterocycles. The van der Waals surface area contributed by atoms with Gasteiger partial charge in [-0.15, -0.1) is 0 Å². The topological polar surface area (TPSA) is 122 Å².